The van der Waals surface area contributed by atoms with Gasteiger partial charge in [0, 0.05) is 36.3 Å². The van der Waals surface area contributed by atoms with Crippen molar-refractivity contribution in [2.45, 2.75) is 57.2 Å². The number of amides is 1. The third-order valence-corrected chi connectivity index (χ3v) is 5.42. The minimum absolute atomic E-state index is 0. The van der Waals surface area contributed by atoms with E-state index in [9.17, 15) is 9.59 Å². The van der Waals surface area contributed by atoms with Gasteiger partial charge in [0.25, 0.3) is 0 Å². The second-order valence-electron chi connectivity index (χ2n) is 7.03. The summed E-state index contributed by atoms with van der Waals surface area (Å²) < 4.78 is 5.36. The fraction of sp³-hybridized carbons (Fsp3) is 0.579. The smallest absolute Gasteiger partial charge is 0.227 e. The molecule has 0 aromatic heterocycles. The summed E-state index contributed by atoms with van der Waals surface area (Å²) in [6.07, 6.45) is 4.77. The molecule has 3 rings (SSSR count). The molecule has 2 fully saturated rings. The van der Waals surface area contributed by atoms with Crippen molar-refractivity contribution in [2.24, 2.45) is 0 Å². The molecule has 2 saturated heterocycles. The highest BCUT2D eigenvalue weighted by Gasteiger charge is 2.36. The van der Waals surface area contributed by atoms with Gasteiger partial charge in [-0.15, -0.1) is 12.4 Å². The third-order valence-electron chi connectivity index (χ3n) is 5.42. The highest BCUT2D eigenvalue weighted by Crippen LogP contribution is 2.30. The number of piperidine rings is 1. The van der Waals surface area contributed by atoms with Gasteiger partial charge in [-0.2, -0.15) is 0 Å². The number of nitrogens with one attached hydrogen (secondary N) is 1. The molecule has 1 N–H and O–H groups in total. The molecule has 2 heterocycles. The second kappa shape index (κ2) is 8.19. The number of carbonyl (C=O) groups is 2. The molecule has 5 nitrogen and oxygen atoms in total. The van der Waals surface area contributed by atoms with Crippen LogP contribution in [0.15, 0.2) is 18.2 Å². The number of carbonyl (C=O) groups excluding carboxylic acids is 2. The van der Waals surface area contributed by atoms with E-state index in [2.05, 4.69) is 5.32 Å². The van der Waals surface area contributed by atoms with Crippen molar-refractivity contribution in [2.75, 3.05) is 14.2 Å². The number of fused-ring (bicyclic) bond motifs is 2. The lowest BCUT2D eigenvalue weighted by molar-refractivity contribution is -0.132. The molecule has 2 atom stereocenters. The number of likely N-dealkylation sites (N-methyl/N-ethyl adjacent to an activating group) is 1. The lowest BCUT2D eigenvalue weighted by atomic mass is 9.97. The topological polar surface area (TPSA) is 58.6 Å². The summed E-state index contributed by atoms with van der Waals surface area (Å²) in [5, 5.41) is 3.61. The summed E-state index contributed by atoms with van der Waals surface area (Å²) in [5.41, 5.74) is 1.39. The molecule has 25 heavy (non-hydrogen) atoms. The van der Waals surface area contributed by atoms with Crippen molar-refractivity contribution in [1.29, 1.82) is 0 Å². The monoisotopic (exact) mass is 366 g/mol. The van der Waals surface area contributed by atoms with Gasteiger partial charge in [0.15, 0.2) is 5.78 Å². The molecule has 2 unspecified atom stereocenters. The molecule has 2 aliphatic rings. The largest absolute Gasteiger partial charge is 0.496 e. The average Bonchev–Trinajstić information content (AvgIpc) is 2.91. The quantitative estimate of drug-likeness (QED) is 0.814. The summed E-state index contributed by atoms with van der Waals surface area (Å²) in [6, 6.07) is 6.70. The number of benzene rings is 1. The van der Waals surface area contributed by atoms with Gasteiger partial charge < -0.3 is 15.0 Å². The van der Waals surface area contributed by atoms with E-state index >= 15 is 0 Å². The number of Topliss-reactive ketones (excluding diaryl/α,β-unsaturated/α-hetero) is 1. The fourth-order valence-electron chi connectivity index (χ4n) is 3.97. The van der Waals surface area contributed by atoms with Crippen molar-refractivity contribution >= 4 is 24.1 Å². The molecule has 1 amide bonds. The normalized spacial score (nSPS) is 24.4. The van der Waals surface area contributed by atoms with Crippen LogP contribution in [-0.4, -0.2) is 48.9 Å². The van der Waals surface area contributed by atoms with Crippen LogP contribution in [0.1, 0.15) is 48.5 Å². The number of rotatable bonds is 5. The molecule has 1 aromatic carbocycles. The number of ether oxygens (including phenoxy) is 1. The third kappa shape index (κ3) is 4.33. The van der Waals surface area contributed by atoms with Crippen molar-refractivity contribution < 1.29 is 14.3 Å². The van der Waals surface area contributed by atoms with Crippen LogP contribution in [0.5, 0.6) is 5.75 Å². The van der Waals surface area contributed by atoms with Gasteiger partial charge in [-0.05, 0) is 50.8 Å². The Hall–Kier alpha value is -1.59. The van der Waals surface area contributed by atoms with Gasteiger partial charge in [0.05, 0.1) is 13.5 Å². The van der Waals surface area contributed by atoms with Crippen LogP contribution in [0.2, 0.25) is 0 Å². The zero-order valence-electron chi connectivity index (χ0n) is 15.1. The maximum Gasteiger partial charge on any atom is 0.227 e. The number of hydrogen-bond donors (Lipinski definition) is 1. The van der Waals surface area contributed by atoms with E-state index in [1.165, 1.54) is 19.8 Å². The molecular formula is C19H27ClN2O3. The molecular weight excluding hydrogens is 340 g/mol. The van der Waals surface area contributed by atoms with E-state index in [1.54, 1.807) is 25.3 Å². The Labute approximate surface area is 155 Å². The molecule has 2 bridgehead atoms. The molecule has 0 aliphatic carbocycles. The SMILES string of the molecule is COc1ccc(C(C)=O)cc1CC(=O)N(C)C1CC2CCC(C1)N2.Cl. The number of hydrogen-bond acceptors (Lipinski definition) is 4. The Morgan fingerprint density at radius 1 is 1.24 bits per heavy atom. The number of nitrogens with zero attached hydrogens (tertiary/aromatic N) is 1. The van der Waals surface area contributed by atoms with Gasteiger partial charge in [0.2, 0.25) is 5.91 Å². The van der Waals surface area contributed by atoms with Gasteiger partial charge in [-0.25, -0.2) is 0 Å². The van der Waals surface area contributed by atoms with Crippen molar-refractivity contribution in [3.8, 4) is 5.75 Å². The predicted octanol–water partition coefficient (Wildman–Crippen LogP) is 2.60. The Balaban J connectivity index is 0.00000225. The minimum Gasteiger partial charge on any atom is -0.496 e. The first kappa shape index (κ1) is 19.7. The summed E-state index contributed by atoms with van der Waals surface area (Å²) in [4.78, 5) is 26.3. The van der Waals surface area contributed by atoms with Crippen LogP contribution in [0, 0.1) is 0 Å². The maximum atomic E-state index is 12.8. The van der Waals surface area contributed by atoms with Gasteiger partial charge in [0.1, 0.15) is 5.75 Å². The first-order valence-corrected chi connectivity index (χ1v) is 8.67. The highest BCUT2D eigenvalue weighted by atomic mass is 35.5. The first-order chi connectivity index (χ1) is 11.5. The van der Waals surface area contributed by atoms with Crippen LogP contribution in [0.4, 0.5) is 0 Å². The Bertz CT molecular complexity index is 638. The average molecular weight is 367 g/mol. The number of ketones is 1. The predicted molar refractivity (Wildman–Crippen MR) is 99.7 cm³/mol. The minimum atomic E-state index is -0.00497. The summed E-state index contributed by atoms with van der Waals surface area (Å²) in [6.45, 7) is 1.53. The van der Waals surface area contributed by atoms with Crippen LogP contribution in [0.3, 0.4) is 0 Å². The summed E-state index contributed by atoms with van der Waals surface area (Å²) in [5.74, 6) is 0.738. The van der Waals surface area contributed by atoms with Crippen LogP contribution < -0.4 is 10.1 Å². The molecule has 1 aromatic rings. The van der Waals surface area contributed by atoms with E-state index in [4.69, 9.17) is 4.74 Å². The molecule has 2 aliphatic heterocycles. The number of methoxy groups -OCH3 is 1. The molecule has 138 valence electrons. The Morgan fingerprint density at radius 2 is 1.88 bits per heavy atom. The highest BCUT2D eigenvalue weighted by molar-refractivity contribution is 5.94. The van der Waals surface area contributed by atoms with Gasteiger partial charge in [-0.3, -0.25) is 9.59 Å². The van der Waals surface area contributed by atoms with Gasteiger partial charge in [-0.1, -0.05) is 0 Å². The van der Waals surface area contributed by atoms with Crippen LogP contribution in [0.25, 0.3) is 0 Å². The second-order valence-corrected chi connectivity index (χ2v) is 7.03. The number of halogens is 1. The summed E-state index contributed by atoms with van der Waals surface area (Å²) >= 11 is 0. The lowest BCUT2D eigenvalue weighted by Gasteiger charge is -2.35. The van der Waals surface area contributed by atoms with Crippen molar-refractivity contribution in [3.63, 3.8) is 0 Å². The van der Waals surface area contributed by atoms with Crippen LogP contribution >= 0.6 is 12.4 Å². The van der Waals surface area contributed by atoms with Crippen molar-refractivity contribution in [3.05, 3.63) is 29.3 Å². The maximum absolute atomic E-state index is 12.8. The Kier molecular flexibility index (Phi) is 6.47. The molecule has 0 saturated carbocycles. The summed E-state index contributed by atoms with van der Waals surface area (Å²) in [7, 11) is 3.49. The molecule has 6 heteroatoms. The van der Waals surface area contributed by atoms with E-state index in [-0.39, 0.29) is 30.5 Å². The molecule has 0 spiro atoms. The van der Waals surface area contributed by atoms with Gasteiger partial charge >= 0.3 is 0 Å². The zero-order chi connectivity index (χ0) is 17.3. The van der Waals surface area contributed by atoms with Crippen molar-refractivity contribution in [1.82, 2.24) is 10.2 Å². The zero-order valence-corrected chi connectivity index (χ0v) is 15.9. The standard InChI is InChI=1S/C19H26N2O3.ClH/c1-12(22)13-4-7-18(24-3)14(8-13)9-19(23)21(2)17-10-15-5-6-16(11-17)20-15;/h4,7-8,15-17,20H,5-6,9-11H2,1-3H3;1H. The Morgan fingerprint density at radius 3 is 2.44 bits per heavy atom. The van der Waals surface area contributed by atoms with E-state index in [0.717, 1.165) is 18.4 Å². The van der Waals surface area contributed by atoms with E-state index in [0.29, 0.717) is 29.4 Å². The van der Waals surface area contributed by atoms with E-state index < -0.39 is 0 Å². The van der Waals surface area contributed by atoms with Crippen LogP contribution in [-0.2, 0) is 11.2 Å². The lowest BCUT2D eigenvalue weighted by Crippen LogP contribution is -2.49. The van der Waals surface area contributed by atoms with E-state index in [1.807, 2.05) is 11.9 Å². The first-order valence-electron chi connectivity index (χ1n) is 8.67. The molecule has 0 radical (unpaired) electrons. The fourth-order valence-corrected chi connectivity index (χ4v) is 3.97.